The number of nitrogens with zero attached hydrogens (tertiary/aromatic N) is 2. The van der Waals surface area contributed by atoms with E-state index in [0.717, 1.165) is 22.3 Å². The normalized spacial score (nSPS) is 15.0. The van der Waals surface area contributed by atoms with Crippen molar-refractivity contribution in [1.82, 2.24) is 4.90 Å². The molecule has 1 aliphatic heterocycles. The number of amides is 2. The molecule has 0 radical (unpaired) electrons. The van der Waals surface area contributed by atoms with Gasteiger partial charge in [0, 0.05) is 0 Å². The van der Waals surface area contributed by atoms with Crippen LogP contribution in [0.2, 0.25) is 0 Å². The predicted octanol–water partition coefficient (Wildman–Crippen LogP) is 2.75. The molecule has 0 bridgehead atoms. The Bertz CT molecular complexity index is 975. The summed E-state index contributed by atoms with van der Waals surface area (Å²) in [7, 11) is -3.61. The number of carbonyl (C=O) groups excluding carboxylic acids is 2. The molecule has 2 aromatic rings. The number of carbonyl (C=O) groups is 2. The summed E-state index contributed by atoms with van der Waals surface area (Å²) in [5.74, 6) is -0.781. The lowest BCUT2D eigenvalue weighted by Gasteiger charge is -2.31. The van der Waals surface area contributed by atoms with E-state index in [1.165, 1.54) is 4.31 Å². The average molecular weight is 386 g/mol. The maximum Gasteiger partial charge on any atom is 0.261 e. The molecule has 0 aromatic heterocycles. The first-order chi connectivity index (χ1) is 12.6. The first kappa shape index (κ1) is 19.1. The molecule has 1 unspecified atom stereocenters. The number of imide groups is 1. The van der Waals surface area contributed by atoms with Gasteiger partial charge in [0.15, 0.2) is 0 Å². The van der Waals surface area contributed by atoms with Gasteiger partial charge in [-0.3, -0.25) is 18.8 Å². The first-order valence-electron chi connectivity index (χ1n) is 8.63. The molecule has 1 aliphatic rings. The standard InChI is InChI=1S/C20H22N2O4S/c1-13-8-7-9-14(2)18(13)21(27(4,25)26)12-15(3)22-19(23)16-10-5-6-11-17(16)20(22)24/h5-11,15H,12H2,1-4H3. The fraction of sp³-hybridized carbons (Fsp3) is 0.300. The van der Waals surface area contributed by atoms with Crippen LogP contribution in [0.1, 0.15) is 38.8 Å². The minimum absolute atomic E-state index is 0.00397. The second kappa shape index (κ2) is 6.81. The summed E-state index contributed by atoms with van der Waals surface area (Å²) in [4.78, 5) is 26.5. The van der Waals surface area contributed by atoms with Crippen LogP contribution in [-0.2, 0) is 10.0 Å². The number of benzene rings is 2. The highest BCUT2D eigenvalue weighted by Crippen LogP contribution is 2.29. The Balaban J connectivity index is 1.97. The second-order valence-corrected chi connectivity index (χ2v) is 8.82. The van der Waals surface area contributed by atoms with Crippen molar-refractivity contribution in [2.45, 2.75) is 26.8 Å². The Morgan fingerprint density at radius 3 is 1.85 bits per heavy atom. The first-order valence-corrected chi connectivity index (χ1v) is 10.5. The lowest BCUT2D eigenvalue weighted by atomic mass is 10.1. The van der Waals surface area contributed by atoms with Crippen molar-refractivity contribution in [3.8, 4) is 0 Å². The van der Waals surface area contributed by atoms with Crippen molar-refractivity contribution in [2.75, 3.05) is 17.1 Å². The summed E-state index contributed by atoms with van der Waals surface area (Å²) in [6.45, 7) is 5.36. The summed E-state index contributed by atoms with van der Waals surface area (Å²) in [5, 5.41) is 0. The Morgan fingerprint density at radius 1 is 0.926 bits per heavy atom. The van der Waals surface area contributed by atoms with Gasteiger partial charge in [0.1, 0.15) is 0 Å². The molecule has 0 spiro atoms. The Kier molecular flexibility index (Phi) is 4.82. The quantitative estimate of drug-likeness (QED) is 0.741. The second-order valence-electron chi connectivity index (χ2n) is 6.91. The highest BCUT2D eigenvalue weighted by atomic mass is 32.2. The van der Waals surface area contributed by atoms with Gasteiger partial charge in [-0.1, -0.05) is 30.3 Å². The third kappa shape index (κ3) is 3.35. The smallest absolute Gasteiger partial charge is 0.261 e. The molecular weight excluding hydrogens is 364 g/mol. The number of aryl methyl sites for hydroxylation is 2. The molecule has 0 saturated heterocycles. The van der Waals surface area contributed by atoms with Gasteiger partial charge in [-0.25, -0.2) is 8.42 Å². The number of hydrogen-bond donors (Lipinski definition) is 0. The van der Waals surface area contributed by atoms with E-state index >= 15 is 0 Å². The lowest BCUT2D eigenvalue weighted by Crippen LogP contribution is -2.47. The van der Waals surface area contributed by atoms with E-state index in [1.54, 1.807) is 31.2 Å². The highest BCUT2D eigenvalue weighted by Gasteiger charge is 2.39. The predicted molar refractivity (Wildman–Crippen MR) is 105 cm³/mol. The van der Waals surface area contributed by atoms with Crippen molar-refractivity contribution in [3.63, 3.8) is 0 Å². The van der Waals surface area contributed by atoms with E-state index in [9.17, 15) is 18.0 Å². The molecule has 0 aliphatic carbocycles. The molecule has 27 heavy (non-hydrogen) atoms. The molecule has 0 fully saturated rings. The van der Waals surface area contributed by atoms with Crippen LogP contribution in [0.5, 0.6) is 0 Å². The van der Waals surface area contributed by atoms with Crippen LogP contribution in [-0.4, -0.2) is 44.0 Å². The van der Waals surface area contributed by atoms with Crippen molar-refractivity contribution >= 4 is 27.5 Å². The largest absolute Gasteiger partial charge is 0.270 e. The van der Waals surface area contributed by atoms with Crippen molar-refractivity contribution < 1.29 is 18.0 Å². The zero-order valence-corrected chi connectivity index (χ0v) is 16.6. The zero-order valence-electron chi connectivity index (χ0n) is 15.8. The number of rotatable bonds is 5. The van der Waals surface area contributed by atoms with E-state index in [4.69, 9.17) is 0 Å². The molecule has 2 amide bonds. The van der Waals surface area contributed by atoms with Crippen LogP contribution in [0.4, 0.5) is 5.69 Å². The number of para-hydroxylation sites is 1. The molecule has 3 rings (SSSR count). The van der Waals surface area contributed by atoms with Gasteiger partial charge >= 0.3 is 0 Å². The summed E-state index contributed by atoms with van der Waals surface area (Å²) in [6, 6.07) is 11.6. The van der Waals surface area contributed by atoms with Crippen LogP contribution in [0.25, 0.3) is 0 Å². The zero-order chi connectivity index (χ0) is 19.9. The van der Waals surface area contributed by atoms with Gasteiger partial charge in [0.25, 0.3) is 11.8 Å². The van der Waals surface area contributed by atoms with Crippen LogP contribution in [0, 0.1) is 13.8 Å². The van der Waals surface area contributed by atoms with E-state index in [-0.39, 0.29) is 6.54 Å². The fourth-order valence-electron chi connectivity index (χ4n) is 3.52. The molecule has 6 nitrogen and oxygen atoms in total. The summed E-state index contributed by atoms with van der Waals surface area (Å²) in [6.07, 6.45) is 1.13. The minimum Gasteiger partial charge on any atom is -0.270 e. The van der Waals surface area contributed by atoms with Gasteiger partial charge in [-0.05, 0) is 44.0 Å². The maximum atomic E-state index is 12.7. The molecule has 1 heterocycles. The fourth-order valence-corrected chi connectivity index (χ4v) is 4.63. The highest BCUT2D eigenvalue weighted by molar-refractivity contribution is 7.92. The number of hydrogen-bond acceptors (Lipinski definition) is 4. The van der Waals surface area contributed by atoms with Crippen LogP contribution in [0.15, 0.2) is 42.5 Å². The topological polar surface area (TPSA) is 74.8 Å². The van der Waals surface area contributed by atoms with Crippen molar-refractivity contribution in [2.24, 2.45) is 0 Å². The number of sulfonamides is 1. The van der Waals surface area contributed by atoms with Gasteiger partial charge in [-0.2, -0.15) is 0 Å². The van der Waals surface area contributed by atoms with E-state index < -0.39 is 27.9 Å². The summed E-state index contributed by atoms with van der Waals surface area (Å²) >= 11 is 0. The van der Waals surface area contributed by atoms with Gasteiger partial charge in [0.05, 0.1) is 35.7 Å². The van der Waals surface area contributed by atoms with Crippen LogP contribution in [0.3, 0.4) is 0 Å². The molecule has 1 atom stereocenters. The number of fused-ring (bicyclic) bond motifs is 1. The third-order valence-electron chi connectivity index (χ3n) is 4.79. The molecule has 2 aromatic carbocycles. The van der Waals surface area contributed by atoms with E-state index in [0.29, 0.717) is 16.8 Å². The Morgan fingerprint density at radius 2 is 1.41 bits per heavy atom. The summed E-state index contributed by atoms with van der Waals surface area (Å²) in [5.41, 5.74) is 2.92. The van der Waals surface area contributed by atoms with E-state index in [2.05, 4.69) is 0 Å². The molecular formula is C20H22N2O4S. The third-order valence-corrected chi connectivity index (χ3v) is 5.92. The van der Waals surface area contributed by atoms with E-state index in [1.807, 2.05) is 32.0 Å². The minimum atomic E-state index is -3.61. The summed E-state index contributed by atoms with van der Waals surface area (Å²) < 4.78 is 26.3. The molecule has 142 valence electrons. The Hall–Kier alpha value is -2.67. The molecule has 0 saturated carbocycles. The number of anilines is 1. The maximum absolute atomic E-state index is 12.7. The molecule has 7 heteroatoms. The molecule has 0 N–H and O–H groups in total. The van der Waals surface area contributed by atoms with Gasteiger partial charge in [-0.15, -0.1) is 0 Å². The van der Waals surface area contributed by atoms with Crippen molar-refractivity contribution in [3.05, 3.63) is 64.7 Å². The monoisotopic (exact) mass is 386 g/mol. The van der Waals surface area contributed by atoms with Gasteiger partial charge in [0.2, 0.25) is 10.0 Å². The lowest BCUT2D eigenvalue weighted by molar-refractivity contribution is 0.0602. The van der Waals surface area contributed by atoms with Crippen LogP contribution >= 0.6 is 0 Å². The van der Waals surface area contributed by atoms with Gasteiger partial charge < -0.3 is 0 Å². The SMILES string of the molecule is Cc1cccc(C)c1N(CC(C)N1C(=O)c2ccccc2C1=O)S(C)(=O)=O. The Labute approximate surface area is 159 Å². The van der Waals surface area contributed by atoms with Crippen LogP contribution < -0.4 is 4.31 Å². The average Bonchev–Trinajstić information content (AvgIpc) is 2.84. The van der Waals surface area contributed by atoms with Crippen molar-refractivity contribution in [1.29, 1.82) is 0 Å².